The summed E-state index contributed by atoms with van der Waals surface area (Å²) in [5, 5.41) is 11.0. The van der Waals surface area contributed by atoms with Crippen LogP contribution in [0.2, 0.25) is 0 Å². The van der Waals surface area contributed by atoms with E-state index in [2.05, 4.69) is 65.2 Å². The van der Waals surface area contributed by atoms with E-state index in [1.54, 1.807) is 0 Å². The zero-order valence-corrected chi connectivity index (χ0v) is 19.5. The molecule has 2 aromatic heterocycles. The summed E-state index contributed by atoms with van der Waals surface area (Å²) in [6.07, 6.45) is 6.79. The van der Waals surface area contributed by atoms with Crippen LogP contribution in [0.3, 0.4) is 0 Å². The second-order valence-electron chi connectivity index (χ2n) is 9.88. The van der Waals surface area contributed by atoms with Crippen molar-refractivity contribution in [2.24, 2.45) is 0 Å². The number of nitrogens with zero attached hydrogens (tertiary/aromatic N) is 3. The molecule has 0 atom stereocenters. The summed E-state index contributed by atoms with van der Waals surface area (Å²) in [5.74, 6) is 0.958. The number of hydrogen-bond acceptors (Lipinski definition) is 4. The number of benzene rings is 2. The van der Waals surface area contributed by atoms with Crippen LogP contribution in [-0.2, 0) is 5.54 Å². The first kappa shape index (κ1) is 21.3. The number of pyridine rings is 2. The van der Waals surface area contributed by atoms with E-state index in [1.165, 1.54) is 24.8 Å². The monoisotopic (exact) mass is 451 g/mol. The molecule has 0 unspecified atom stereocenters. The van der Waals surface area contributed by atoms with E-state index < -0.39 is 0 Å². The van der Waals surface area contributed by atoms with Crippen LogP contribution in [0.5, 0.6) is 0 Å². The van der Waals surface area contributed by atoms with Gasteiger partial charge in [0.25, 0.3) is 0 Å². The maximum Gasteiger partial charge on any atom is 0.138 e. The van der Waals surface area contributed by atoms with Gasteiger partial charge in [-0.25, -0.2) is 9.97 Å². The fraction of sp³-hybridized carbons (Fsp3) is 0.310. The first-order valence-corrected chi connectivity index (χ1v) is 12.4. The summed E-state index contributed by atoms with van der Waals surface area (Å²) in [7, 11) is 0. The lowest BCUT2D eigenvalue weighted by molar-refractivity contribution is -0.509. The molecule has 1 aliphatic carbocycles. The Bertz CT molecular complexity index is 1310. The van der Waals surface area contributed by atoms with Crippen molar-refractivity contribution in [3.05, 3.63) is 78.5 Å². The molecule has 1 saturated carbocycles. The van der Waals surface area contributed by atoms with Gasteiger partial charge in [0.1, 0.15) is 11.4 Å². The second kappa shape index (κ2) is 8.49. The van der Waals surface area contributed by atoms with Crippen LogP contribution in [0.1, 0.15) is 37.7 Å². The lowest BCUT2D eigenvalue weighted by Gasteiger charge is -2.34. The van der Waals surface area contributed by atoms with Gasteiger partial charge in [0.05, 0.1) is 17.3 Å². The number of anilines is 1. The molecule has 6 rings (SSSR count). The number of aromatic nitrogens is 2. The lowest BCUT2D eigenvalue weighted by atomic mass is 9.72. The molecular formula is C29H31N4O+. The first-order chi connectivity index (χ1) is 16.6. The normalized spacial score (nSPS) is 18.1. The highest BCUT2D eigenvalue weighted by molar-refractivity contribution is 5.97. The molecule has 4 N–H and O–H groups in total. The Kier molecular flexibility index (Phi) is 5.31. The van der Waals surface area contributed by atoms with Gasteiger partial charge >= 0.3 is 0 Å². The summed E-state index contributed by atoms with van der Waals surface area (Å²) >= 11 is 0. The third-order valence-electron chi connectivity index (χ3n) is 7.65. The van der Waals surface area contributed by atoms with E-state index in [-0.39, 0.29) is 11.6 Å². The smallest absolute Gasteiger partial charge is 0.138 e. The summed E-state index contributed by atoms with van der Waals surface area (Å²) < 4.78 is 0. The van der Waals surface area contributed by atoms with Crippen LogP contribution in [0.4, 0.5) is 5.82 Å². The van der Waals surface area contributed by atoms with Gasteiger partial charge in [-0.05, 0) is 37.0 Å². The predicted molar refractivity (Wildman–Crippen MR) is 136 cm³/mol. The molecule has 5 nitrogen and oxygen atoms in total. The number of piperidine rings is 1. The number of hydrogen-bond donors (Lipinski definition) is 2. The van der Waals surface area contributed by atoms with Crippen molar-refractivity contribution in [2.75, 3.05) is 18.0 Å². The summed E-state index contributed by atoms with van der Waals surface area (Å²) in [4.78, 5) is 12.2. The van der Waals surface area contributed by atoms with Crippen molar-refractivity contribution >= 4 is 16.7 Å². The fourth-order valence-corrected chi connectivity index (χ4v) is 5.34. The molecule has 2 aliphatic rings. The summed E-state index contributed by atoms with van der Waals surface area (Å²) in [6, 6.07) is 23.6. The number of rotatable bonds is 4. The number of quaternary nitrogens is 1. The highest BCUT2D eigenvalue weighted by atomic mass is 16.3. The second-order valence-corrected chi connectivity index (χ2v) is 9.88. The molecule has 172 valence electrons. The Morgan fingerprint density at radius 3 is 2.32 bits per heavy atom. The van der Waals surface area contributed by atoms with E-state index in [9.17, 15) is 5.11 Å². The van der Waals surface area contributed by atoms with Gasteiger partial charge in [-0.3, -0.25) is 0 Å². The molecule has 0 radical (unpaired) electrons. The average Bonchev–Trinajstić information content (AvgIpc) is 2.87. The molecule has 0 spiro atoms. The first-order valence-electron chi connectivity index (χ1n) is 12.4. The third kappa shape index (κ3) is 3.75. The standard InChI is InChI=1S/C29H30N4O/c30-29(14-4-15-29)22-9-7-21(8-10-22)27-24(20-5-2-1-3-6-20)19-25-26(32-27)11-16-31-28(25)33-17-12-23(34)13-18-33/h1-3,5-11,16,19,23,34H,4,12-15,17-18,30H2/p+1. The zero-order chi connectivity index (χ0) is 23.1. The van der Waals surface area contributed by atoms with E-state index in [1.807, 2.05) is 18.3 Å². The molecule has 0 amide bonds. The SMILES string of the molecule is [NH3+]C1(c2ccc(-c3nc4ccnc(N5CCC(O)CC5)c4cc3-c3ccccc3)cc2)CCC1. The third-order valence-corrected chi connectivity index (χ3v) is 7.65. The predicted octanol–water partition coefficient (Wildman–Crippen LogP) is 4.55. The summed E-state index contributed by atoms with van der Waals surface area (Å²) in [5.41, 5.74) is 11.2. The molecule has 34 heavy (non-hydrogen) atoms. The zero-order valence-electron chi connectivity index (χ0n) is 19.5. The number of fused-ring (bicyclic) bond motifs is 1. The Labute approximate surface area is 200 Å². The van der Waals surface area contributed by atoms with Gasteiger partial charge in [-0.1, -0.05) is 54.6 Å². The highest BCUT2D eigenvalue weighted by Crippen LogP contribution is 2.39. The largest absolute Gasteiger partial charge is 0.393 e. The van der Waals surface area contributed by atoms with Crippen LogP contribution in [0, 0.1) is 0 Å². The molecule has 2 aromatic carbocycles. The van der Waals surface area contributed by atoms with E-state index in [0.717, 1.165) is 65.0 Å². The molecule has 2 fully saturated rings. The van der Waals surface area contributed by atoms with E-state index in [4.69, 9.17) is 9.97 Å². The van der Waals surface area contributed by atoms with Crippen molar-refractivity contribution in [2.45, 2.75) is 43.7 Å². The molecule has 4 aromatic rings. The van der Waals surface area contributed by atoms with Gasteiger partial charge in [-0.15, -0.1) is 0 Å². The van der Waals surface area contributed by atoms with Gasteiger partial charge in [0, 0.05) is 54.2 Å². The van der Waals surface area contributed by atoms with Gasteiger partial charge in [-0.2, -0.15) is 0 Å². The van der Waals surface area contributed by atoms with Crippen LogP contribution < -0.4 is 10.6 Å². The molecule has 1 aliphatic heterocycles. The molecule has 0 bridgehead atoms. The van der Waals surface area contributed by atoms with Gasteiger partial charge < -0.3 is 15.7 Å². The Balaban J connectivity index is 1.48. The van der Waals surface area contributed by atoms with Crippen LogP contribution in [0.25, 0.3) is 33.3 Å². The van der Waals surface area contributed by atoms with Gasteiger partial charge in [0.15, 0.2) is 0 Å². The molecular weight excluding hydrogens is 420 g/mol. The average molecular weight is 452 g/mol. The van der Waals surface area contributed by atoms with Crippen molar-refractivity contribution < 1.29 is 10.8 Å². The van der Waals surface area contributed by atoms with Gasteiger partial charge in [0.2, 0.25) is 0 Å². The van der Waals surface area contributed by atoms with Crippen LogP contribution in [-0.4, -0.2) is 34.3 Å². The minimum absolute atomic E-state index is 0.0835. The van der Waals surface area contributed by atoms with Crippen molar-refractivity contribution in [3.63, 3.8) is 0 Å². The Morgan fingerprint density at radius 1 is 0.912 bits per heavy atom. The highest BCUT2D eigenvalue weighted by Gasteiger charge is 2.38. The lowest BCUT2D eigenvalue weighted by Crippen LogP contribution is -2.73. The Hall–Kier alpha value is -3.28. The molecule has 3 heterocycles. The Morgan fingerprint density at radius 2 is 1.65 bits per heavy atom. The fourth-order valence-electron chi connectivity index (χ4n) is 5.34. The quantitative estimate of drug-likeness (QED) is 0.477. The van der Waals surface area contributed by atoms with E-state index >= 15 is 0 Å². The van der Waals surface area contributed by atoms with E-state index in [0.29, 0.717) is 0 Å². The minimum atomic E-state index is -0.212. The van der Waals surface area contributed by atoms with Crippen molar-refractivity contribution in [1.29, 1.82) is 0 Å². The maximum absolute atomic E-state index is 9.97. The maximum atomic E-state index is 9.97. The molecule has 5 heteroatoms. The van der Waals surface area contributed by atoms with Crippen LogP contribution >= 0.6 is 0 Å². The van der Waals surface area contributed by atoms with Crippen LogP contribution in [0.15, 0.2) is 72.9 Å². The molecule has 1 saturated heterocycles. The summed E-state index contributed by atoms with van der Waals surface area (Å²) in [6.45, 7) is 1.62. The number of aliphatic hydroxyl groups excluding tert-OH is 1. The minimum Gasteiger partial charge on any atom is -0.393 e. The van der Waals surface area contributed by atoms with Crippen molar-refractivity contribution in [1.82, 2.24) is 9.97 Å². The number of aliphatic hydroxyl groups is 1. The topological polar surface area (TPSA) is 76.9 Å². The van der Waals surface area contributed by atoms with Crippen molar-refractivity contribution in [3.8, 4) is 22.4 Å².